The van der Waals surface area contributed by atoms with E-state index in [4.69, 9.17) is 4.74 Å². The van der Waals surface area contributed by atoms with Gasteiger partial charge in [-0.15, -0.1) is 0 Å². The molecule has 2 unspecified atom stereocenters. The molecule has 1 aliphatic heterocycles. The molecular weight excluding hydrogens is 246 g/mol. The normalized spacial score (nSPS) is 23.5. The average Bonchev–Trinajstić information content (AvgIpc) is 2.65. The van der Waals surface area contributed by atoms with Gasteiger partial charge in [0.25, 0.3) is 0 Å². The molecule has 1 rings (SSSR count). The molecule has 3 nitrogen and oxygen atoms in total. The van der Waals surface area contributed by atoms with Crippen LogP contribution >= 0.6 is 15.9 Å². The number of rotatable bonds is 4. The smallest absolute Gasteiger partial charge is 0.227 e. The van der Waals surface area contributed by atoms with Gasteiger partial charge in [-0.1, -0.05) is 22.9 Å². The molecule has 4 heteroatoms. The van der Waals surface area contributed by atoms with E-state index in [2.05, 4.69) is 22.9 Å². The minimum Gasteiger partial charge on any atom is -0.381 e. The number of nitrogens with zero attached hydrogens (tertiary/aromatic N) is 1. The zero-order chi connectivity index (χ0) is 10.6. The lowest BCUT2D eigenvalue weighted by Crippen LogP contribution is -2.34. The Morgan fingerprint density at radius 2 is 2.43 bits per heavy atom. The number of alkyl halides is 1. The third-order valence-corrected chi connectivity index (χ3v) is 2.98. The molecule has 0 spiro atoms. The summed E-state index contributed by atoms with van der Waals surface area (Å²) in [5.41, 5.74) is 0. The summed E-state index contributed by atoms with van der Waals surface area (Å²) in [7, 11) is 1.87. The molecule has 82 valence electrons. The summed E-state index contributed by atoms with van der Waals surface area (Å²) in [5.74, 6) is 0.335. The van der Waals surface area contributed by atoms with E-state index in [9.17, 15) is 4.79 Å². The third kappa shape index (κ3) is 3.58. The van der Waals surface area contributed by atoms with E-state index in [0.29, 0.717) is 11.4 Å². The average molecular weight is 264 g/mol. The first-order valence-corrected chi connectivity index (χ1v) is 5.99. The molecule has 0 N–H and O–H groups in total. The fourth-order valence-corrected chi connectivity index (χ4v) is 1.73. The number of carbonyl (C=O) groups excluding carboxylic acids is 1. The van der Waals surface area contributed by atoms with Crippen LogP contribution in [0.3, 0.4) is 0 Å². The third-order valence-electron chi connectivity index (χ3n) is 2.52. The summed E-state index contributed by atoms with van der Waals surface area (Å²) in [6.07, 6.45) is 1.88. The van der Waals surface area contributed by atoms with Crippen LogP contribution in [0.5, 0.6) is 0 Å². The monoisotopic (exact) mass is 263 g/mol. The van der Waals surface area contributed by atoms with Crippen molar-refractivity contribution in [1.29, 1.82) is 0 Å². The number of hydrogen-bond donors (Lipinski definition) is 0. The highest BCUT2D eigenvalue weighted by molar-refractivity contribution is 9.09. The van der Waals surface area contributed by atoms with Crippen LogP contribution in [0.15, 0.2) is 0 Å². The maximum absolute atomic E-state index is 11.8. The van der Waals surface area contributed by atoms with E-state index < -0.39 is 0 Å². The number of halogens is 1. The van der Waals surface area contributed by atoms with Gasteiger partial charge in [-0.05, 0) is 12.8 Å². The lowest BCUT2D eigenvalue weighted by Gasteiger charge is -2.20. The van der Waals surface area contributed by atoms with Gasteiger partial charge in [0.2, 0.25) is 5.91 Å². The molecule has 0 aromatic carbocycles. The first kappa shape index (κ1) is 12.0. The Kier molecular flexibility index (Phi) is 4.89. The molecule has 0 saturated carbocycles. The van der Waals surface area contributed by atoms with Crippen molar-refractivity contribution >= 4 is 21.8 Å². The molecule has 0 bridgehead atoms. The van der Waals surface area contributed by atoms with Gasteiger partial charge in [0, 0.05) is 25.0 Å². The molecule has 1 heterocycles. The standard InChI is InChI=1S/C10H18BrNO2/c1-8(11)3-5-12(2)10(13)9-4-6-14-7-9/h8-9H,3-7H2,1-2H3. The summed E-state index contributed by atoms with van der Waals surface area (Å²) < 4.78 is 5.20. The van der Waals surface area contributed by atoms with Crippen molar-refractivity contribution in [3.8, 4) is 0 Å². The van der Waals surface area contributed by atoms with Crippen molar-refractivity contribution in [2.45, 2.75) is 24.6 Å². The van der Waals surface area contributed by atoms with Crippen LogP contribution in [0.25, 0.3) is 0 Å². The molecular formula is C10H18BrNO2. The molecule has 0 aromatic rings. The molecule has 1 amide bonds. The Hall–Kier alpha value is -0.0900. The summed E-state index contributed by atoms with van der Waals surface area (Å²) >= 11 is 3.47. The van der Waals surface area contributed by atoms with Crippen molar-refractivity contribution in [2.24, 2.45) is 5.92 Å². The van der Waals surface area contributed by atoms with Crippen molar-refractivity contribution in [3.63, 3.8) is 0 Å². The molecule has 1 aliphatic rings. The van der Waals surface area contributed by atoms with E-state index in [1.165, 1.54) is 0 Å². The topological polar surface area (TPSA) is 29.5 Å². The second-order valence-corrected chi connectivity index (χ2v) is 5.45. The fourth-order valence-electron chi connectivity index (χ4n) is 1.52. The summed E-state index contributed by atoms with van der Waals surface area (Å²) in [6.45, 7) is 4.25. The predicted molar refractivity (Wildman–Crippen MR) is 59.6 cm³/mol. The zero-order valence-corrected chi connectivity index (χ0v) is 10.4. The van der Waals surface area contributed by atoms with Gasteiger partial charge < -0.3 is 9.64 Å². The summed E-state index contributed by atoms with van der Waals surface area (Å²) in [5, 5.41) is 0. The summed E-state index contributed by atoms with van der Waals surface area (Å²) in [4.78, 5) is 14.1. The SMILES string of the molecule is CC(Br)CCN(C)C(=O)C1CCOC1. The molecule has 0 aromatic heterocycles. The highest BCUT2D eigenvalue weighted by atomic mass is 79.9. The summed E-state index contributed by atoms with van der Waals surface area (Å²) in [6, 6.07) is 0. The maximum atomic E-state index is 11.8. The largest absolute Gasteiger partial charge is 0.381 e. The minimum atomic E-state index is 0.102. The van der Waals surface area contributed by atoms with E-state index >= 15 is 0 Å². The van der Waals surface area contributed by atoms with Gasteiger partial charge >= 0.3 is 0 Å². The van der Waals surface area contributed by atoms with Crippen molar-refractivity contribution in [3.05, 3.63) is 0 Å². The lowest BCUT2D eigenvalue weighted by atomic mass is 10.1. The maximum Gasteiger partial charge on any atom is 0.227 e. The van der Waals surface area contributed by atoms with Gasteiger partial charge in [0.15, 0.2) is 0 Å². The molecule has 2 atom stereocenters. The Morgan fingerprint density at radius 3 is 2.93 bits per heavy atom. The first-order valence-electron chi connectivity index (χ1n) is 5.08. The van der Waals surface area contributed by atoms with Crippen LogP contribution in [-0.2, 0) is 9.53 Å². The van der Waals surface area contributed by atoms with Crippen LogP contribution in [-0.4, -0.2) is 42.4 Å². The van der Waals surface area contributed by atoms with E-state index in [1.807, 2.05) is 11.9 Å². The Balaban J connectivity index is 2.28. The minimum absolute atomic E-state index is 0.102. The molecule has 0 aliphatic carbocycles. The molecule has 1 saturated heterocycles. The first-order chi connectivity index (χ1) is 6.61. The van der Waals surface area contributed by atoms with Crippen LogP contribution in [0.2, 0.25) is 0 Å². The van der Waals surface area contributed by atoms with Gasteiger partial charge in [0.1, 0.15) is 0 Å². The Bertz CT molecular complexity index is 191. The number of amides is 1. The van der Waals surface area contributed by atoms with E-state index in [0.717, 1.165) is 26.0 Å². The highest BCUT2D eigenvalue weighted by Crippen LogP contribution is 2.15. The van der Waals surface area contributed by atoms with Gasteiger partial charge in [-0.25, -0.2) is 0 Å². The van der Waals surface area contributed by atoms with Crippen molar-refractivity contribution in [1.82, 2.24) is 4.90 Å². The Labute approximate surface area is 93.9 Å². The zero-order valence-electron chi connectivity index (χ0n) is 8.83. The van der Waals surface area contributed by atoms with E-state index in [1.54, 1.807) is 0 Å². The Morgan fingerprint density at radius 1 is 1.71 bits per heavy atom. The van der Waals surface area contributed by atoms with Crippen molar-refractivity contribution < 1.29 is 9.53 Å². The quantitative estimate of drug-likeness (QED) is 0.723. The van der Waals surface area contributed by atoms with Crippen LogP contribution in [0, 0.1) is 5.92 Å². The second-order valence-electron chi connectivity index (χ2n) is 3.89. The van der Waals surface area contributed by atoms with Gasteiger partial charge in [-0.3, -0.25) is 4.79 Å². The number of ether oxygens (including phenoxy) is 1. The highest BCUT2D eigenvalue weighted by Gasteiger charge is 2.25. The fraction of sp³-hybridized carbons (Fsp3) is 0.900. The van der Waals surface area contributed by atoms with Gasteiger partial charge in [-0.2, -0.15) is 0 Å². The lowest BCUT2D eigenvalue weighted by molar-refractivity contribution is -0.134. The molecule has 1 fully saturated rings. The number of carbonyl (C=O) groups is 1. The number of hydrogen-bond acceptors (Lipinski definition) is 2. The van der Waals surface area contributed by atoms with Crippen LogP contribution in [0.1, 0.15) is 19.8 Å². The second kappa shape index (κ2) is 5.71. The predicted octanol–water partition coefficient (Wildman–Crippen LogP) is 1.65. The van der Waals surface area contributed by atoms with Crippen LogP contribution < -0.4 is 0 Å². The molecule has 0 radical (unpaired) electrons. The van der Waals surface area contributed by atoms with Crippen LogP contribution in [0.4, 0.5) is 0 Å². The van der Waals surface area contributed by atoms with E-state index in [-0.39, 0.29) is 11.8 Å². The van der Waals surface area contributed by atoms with Gasteiger partial charge in [0.05, 0.1) is 12.5 Å². The van der Waals surface area contributed by atoms with Crippen molar-refractivity contribution in [2.75, 3.05) is 26.8 Å². The molecule has 14 heavy (non-hydrogen) atoms.